The second-order valence-electron chi connectivity index (χ2n) is 3.85. The highest BCUT2D eigenvalue weighted by Crippen LogP contribution is 2.30. The predicted molar refractivity (Wildman–Crippen MR) is 70.9 cm³/mol. The standard InChI is InChI=1S/C13H18.C2H6/c1-5-6-7-12-9-13(10(2)3)8-11(12)4;1-2/h5-8,10H,1,9H2,2-4H3;1-2H3/b7-6-;. The van der Waals surface area contributed by atoms with Crippen LogP contribution in [0.2, 0.25) is 0 Å². The van der Waals surface area contributed by atoms with Gasteiger partial charge in [0, 0.05) is 0 Å². The molecule has 0 saturated carbocycles. The quantitative estimate of drug-likeness (QED) is 0.564. The van der Waals surface area contributed by atoms with E-state index in [1.807, 2.05) is 26.0 Å². The van der Waals surface area contributed by atoms with Gasteiger partial charge in [-0.15, -0.1) is 0 Å². The lowest BCUT2D eigenvalue weighted by atomic mass is 10.0. The highest BCUT2D eigenvalue weighted by molar-refractivity contribution is 5.44. The molecule has 0 nitrogen and oxygen atoms in total. The molecular weight excluding hydrogens is 180 g/mol. The number of rotatable bonds is 3. The van der Waals surface area contributed by atoms with Gasteiger partial charge in [-0.05, 0) is 30.4 Å². The van der Waals surface area contributed by atoms with Crippen molar-refractivity contribution in [1.29, 1.82) is 0 Å². The summed E-state index contributed by atoms with van der Waals surface area (Å²) in [4.78, 5) is 0. The van der Waals surface area contributed by atoms with Gasteiger partial charge in [-0.2, -0.15) is 0 Å². The lowest BCUT2D eigenvalue weighted by Crippen LogP contribution is -1.90. The maximum atomic E-state index is 3.67. The van der Waals surface area contributed by atoms with Gasteiger partial charge in [0.05, 0.1) is 0 Å². The summed E-state index contributed by atoms with van der Waals surface area (Å²) in [6, 6.07) is 0. The van der Waals surface area contributed by atoms with Crippen LogP contribution in [0.4, 0.5) is 0 Å². The molecule has 0 unspecified atom stereocenters. The molecule has 0 amide bonds. The van der Waals surface area contributed by atoms with E-state index >= 15 is 0 Å². The summed E-state index contributed by atoms with van der Waals surface area (Å²) >= 11 is 0. The first-order valence-corrected chi connectivity index (χ1v) is 5.84. The SMILES string of the molecule is C=C/C=C\C1=C(C)C=C(C(C)C)C1.CC. The van der Waals surface area contributed by atoms with Gasteiger partial charge >= 0.3 is 0 Å². The second-order valence-corrected chi connectivity index (χ2v) is 3.85. The van der Waals surface area contributed by atoms with Gasteiger partial charge in [0.2, 0.25) is 0 Å². The van der Waals surface area contributed by atoms with Gasteiger partial charge < -0.3 is 0 Å². The molecule has 0 aromatic heterocycles. The molecule has 0 heteroatoms. The van der Waals surface area contributed by atoms with Gasteiger partial charge in [-0.3, -0.25) is 0 Å². The Morgan fingerprint density at radius 3 is 2.33 bits per heavy atom. The third-order valence-corrected chi connectivity index (χ3v) is 2.48. The Labute approximate surface area is 95.1 Å². The molecule has 0 aromatic rings. The van der Waals surface area contributed by atoms with Crippen LogP contribution < -0.4 is 0 Å². The van der Waals surface area contributed by atoms with Gasteiger partial charge in [0.15, 0.2) is 0 Å². The van der Waals surface area contributed by atoms with E-state index in [4.69, 9.17) is 0 Å². The molecule has 84 valence electrons. The molecular formula is C15H24. The van der Waals surface area contributed by atoms with E-state index in [-0.39, 0.29) is 0 Å². The van der Waals surface area contributed by atoms with E-state index in [0.29, 0.717) is 5.92 Å². The molecule has 0 fully saturated rings. The first kappa shape index (κ1) is 14.0. The van der Waals surface area contributed by atoms with Crippen molar-refractivity contribution in [3.05, 3.63) is 47.6 Å². The monoisotopic (exact) mass is 204 g/mol. The third kappa shape index (κ3) is 4.33. The summed E-state index contributed by atoms with van der Waals surface area (Å²) in [5, 5.41) is 0. The van der Waals surface area contributed by atoms with Crippen molar-refractivity contribution >= 4 is 0 Å². The maximum Gasteiger partial charge on any atom is -0.00587 e. The summed E-state index contributed by atoms with van der Waals surface area (Å²) < 4.78 is 0. The molecule has 1 rings (SSSR count). The smallest absolute Gasteiger partial charge is 0.00587 e. The summed E-state index contributed by atoms with van der Waals surface area (Å²) in [6.45, 7) is 14.4. The Balaban J connectivity index is 0.000000921. The molecule has 0 saturated heterocycles. The average Bonchev–Trinajstić information content (AvgIpc) is 2.60. The van der Waals surface area contributed by atoms with Crippen LogP contribution in [0.1, 0.15) is 41.0 Å². The highest BCUT2D eigenvalue weighted by Gasteiger charge is 2.12. The van der Waals surface area contributed by atoms with Crippen LogP contribution in [0.15, 0.2) is 47.6 Å². The molecule has 0 bridgehead atoms. The summed E-state index contributed by atoms with van der Waals surface area (Å²) in [5.41, 5.74) is 4.38. The zero-order chi connectivity index (χ0) is 11.8. The van der Waals surface area contributed by atoms with Gasteiger partial charge in [0.25, 0.3) is 0 Å². The molecule has 0 heterocycles. The van der Waals surface area contributed by atoms with Crippen molar-refractivity contribution in [1.82, 2.24) is 0 Å². The average molecular weight is 204 g/mol. The number of allylic oxidation sites excluding steroid dienone is 7. The molecule has 0 spiro atoms. The Morgan fingerprint density at radius 2 is 1.93 bits per heavy atom. The van der Waals surface area contributed by atoms with Crippen molar-refractivity contribution in [3.63, 3.8) is 0 Å². The summed E-state index contributed by atoms with van der Waals surface area (Å²) in [6.07, 6.45) is 9.43. The lowest BCUT2D eigenvalue weighted by molar-refractivity contribution is 0.749. The molecule has 0 radical (unpaired) electrons. The minimum absolute atomic E-state index is 0.671. The van der Waals surface area contributed by atoms with Crippen LogP contribution in [0.3, 0.4) is 0 Å². The van der Waals surface area contributed by atoms with Crippen LogP contribution in [-0.2, 0) is 0 Å². The van der Waals surface area contributed by atoms with E-state index in [1.54, 1.807) is 5.57 Å². The molecule has 0 aromatic carbocycles. The predicted octanol–water partition coefficient (Wildman–Crippen LogP) is 5.06. The molecule has 1 aliphatic carbocycles. The van der Waals surface area contributed by atoms with Gasteiger partial charge in [-0.1, -0.05) is 64.2 Å². The second kappa shape index (κ2) is 7.28. The van der Waals surface area contributed by atoms with Gasteiger partial charge in [-0.25, -0.2) is 0 Å². The van der Waals surface area contributed by atoms with Crippen molar-refractivity contribution in [2.45, 2.75) is 41.0 Å². The normalized spacial score (nSPS) is 15.5. The molecule has 1 aliphatic rings. The number of hydrogen-bond acceptors (Lipinski definition) is 0. The van der Waals surface area contributed by atoms with E-state index in [0.717, 1.165) is 6.42 Å². The lowest BCUT2D eigenvalue weighted by Gasteiger charge is -2.05. The zero-order valence-electron chi connectivity index (χ0n) is 10.8. The fourth-order valence-corrected chi connectivity index (χ4v) is 1.53. The summed E-state index contributed by atoms with van der Waals surface area (Å²) in [5.74, 6) is 0.671. The Morgan fingerprint density at radius 1 is 1.33 bits per heavy atom. The largest absolute Gasteiger partial charge is 0.0991 e. The molecule has 0 atom stereocenters. The molecule has 0 N–H and O–H groups in total. The minimum atomic E-state index is 0.671. The fourth-order valence-electron chi connectivity index (χ4n) is 1.53. The molecule has 15 heavy (non-hydrogen) atoms. The van der Waals surface area contributed by atoms with Crippen molar-refractivity contribution in [2.75, 3.05) is 0 Å². The third-order valence-electron chi connectivity index (χ3n) is 2.48. The van der Waals surface area contributed by atoms with E-state index in [1.165, 1.54) is 11.1 Å². The topological polar surface area (TPSA) is 0 Å². The van der Waals surface area contributed by atoms with Crippen molar-refractivity contribution in [3.8, 4) is 0 Å². The van der Waals surface area contributed by atoms with E-state index in [2.05, 4.69) is 39.5 Å². The van der Waals surface area contributed by atoms with Crippen LogP contribution in [0.5, 0.6) is 0 Å². The van der Waals surface area contributed by atoms with E-state index < -0.39 is 0 Å². The highest BCUT2D eigenvalue weighted by atomic mass is 14.2. The fraction of sp³-hybridized carbons (Fsp3) is 0.467. The van der Waals surface area contributed by atoms with Crippen molar-refractivity contribution < 1.29 is 0 Å². The van der Waals surface area contributed by atoms with Crippen LogP contribution in [-0.4, -0.2) is 0 Å². The number of hydrogen-bond donors (Lipinski definition) is 0. The first-order chi connectivity index (χ1) is 7.15. The van der Waals surface area contributed by atoms with Crippen LogP contribution >= 0.6 is 0 Å². The Bertz CT molecular complexity index is 285. The maximum absolute atomic E-state index is 3.67. The van der Waals surface area contributed by atoms with E-state index in [9.17, 15) is 0 Å². The Kier molecular flexibility index (Phi) is 6.77. The van der Waals surface area contributed by atoms with Gasteiger partial charge in [0.1, 0.15) is 0 Å². The summed E-state index contributed by atoms with van der Waals surface area (Å²) in [7, 11) is 0. The van der Waals surface area contributed by atoms with Crippen LogP contribution in [0, 0.1) is 5.92 Å². The minimum Gasteiger partial charge on any atom is -0.0991 e. The first-order valence-electron chi connectivity index (χ1n) is 5.84. The molecule has 0 aliphatic heterocycles. The Hall–Kier alpha value is -1.04. The van der Waals surface area contributed by atoms with Crippen molar-refractivity contribution in [2.24, 2.45) is 5.92 Å². The zero-order valence-corrected chi connectivity index (χ0v) is 10.8. The van der Waals surface area contributed by atoms with Crippen LogP contribution in [0.25, 0.3) is 0 Å².